The van der Waals surface area contributed by atoms with Crippen LogP contribution in [0, 0.1) is 6.92 Å². The summed E-state index contributed by atoms with van der Waals surface area (Å²) in [5.41, 5.74) is 8.73. The molecule has 0 aromatic heterocycles. The van der Waals surface area contributed by atoms with Crippen LogP contribution in [0.25, 0.3) is 0 Å². The second kappa shape index (κ2) is 4.04. The zero-order valence-corrected chi connectivity index (χ0v) is 11.7. The molecule has 1 atom stereocenters. The SMILES string of the molecule is Cc1ccc(N2CCC(N)C2(C)C)c(Br)c1. The Morgan fingerprint density at radius 1 is 1.44 bits per heavy atom. The first-order chi connectivity index (χ1) is 7.43. The van der Waals surface area contributed by atoms with Crippen molar-refractivity contribution in [3.05, 3.63) is 28.2 Å². The van der Waals surface area contributed by atoms with Crippen molar-refractivity contribution in [3.63, 3.8) is 0 Å². The molecular formula is C13H19BrN2. The molecule has 1 aromatic rings. The number of nitrogens with zero attached hydrogens (tertiary/aromatic N) is 1. The maximum atomic E-state index is 6.16. The van der Waals surface area contributed by atoms with E-state index in [1.807, 2.05) is 0 Å². The molecule has 1 fully saturated rings. The molecule has 0 spiro atoms. The van der Waals surface area contributed by atoms with Crippen LogP contribution in [-0.4, -0.2) is 18.1 Å². The Morgan fingerprint density at radius 3 is 2.62 bits per heavy atom. The highest BCUT2D eigenvalue weighted by Gasteiger charge is 2.39. The predicted molar refractivity (Wildman–Crippen MR) is 72.9 cm³/mol. The van der Waals surface area contributed by atoms with Gasteiger partial charge in [0.15, 0.2) is 0 Å². The Kier molecular flexibility index (Phi) is 3.01. The van der Waals surface area contributed by atoms with E-state index in [0.29, 0.717) is 0 Å². The van der Waals surface area contributed by atoms with E-state index in [-0.39, 0.29) is 11.6 Å². The molecule has 1 saturated heterocycles. The Bertz CT molecular complexity index is 401. The highest BCUT2D eigenvalue weighted by Crippen LogP contribution is 2.37. The molecule has 2 nitrogen and oxygen atoms in total. The molecule has 1 unspecified atom stereocenters. The number of benzene rings is 1. The van der Waals surface area contributed by atoms with Gasteiger partial charge in [0.05, 0.1) is 5.69 Å². The molecule has 16 heavy (non-hydrogen) atoms. The largest absolute Gasteiger partial charge is 0.364 e. The summed E-state index contributed by atoms with van der Waals surface area (Å²) < 4.78 is 1.16. The van der Waals surface area contributed by atoms with Gasteiger partial charge in [-0.2, -0.15) is 0 Å². The molecule has 1 heterocycles. The number of rotatable bonds is 1. The van der Waals surface area contributed by atoms with Gasteiger partial charge in [-0.05, 0) is 60.8 Å². The molecule has 2 N–H and O–H groups in total. The summed E-state index contributed by atoms with van der Waals surface area (Å²) in [6.45, 7) is 7.58. The van der Waals surface area contributed by atoms with Crippen molar-refractivity contribution >= 4 is 21.6 Å². The zero-order chi connectivity index (χ0) is 11.9. The molecule has 0 bridgehead atoms. The summed E-state index contributed by atoms with van der Waals surface area (Å²) >= 11 is 3.65. The second-order valence-corrected chi connectivity index (χ2v) is 6.01. The minimum absolute atomic E-state index is 0.0395. The van der Waals surface area contributed by atoms with Gasteiger partial charge in [0.25, 0.3) is 0 Å². The normalized spacial score (nSPS) is 23.8. The molecule has 3 heteroatoms. The van der Waals surface area contributed by atoms with Crippen LogP contribution in [0.15, 0.2) is 22.7 Å². The lowest BCUT2D eigenvalue weighted by Crippen LogP contribution is -2.49. The van der Waals surface area contributed by atoms with E-state index in [1.54, 1.807) is 0 Å². The Labute approximate surface area is 106 Å². The van der Waals surface area contributed by atoms with E-state index in [4.69, 9.17) is 5.73 Å². The quantitative estimate of drug-likeness (QED) is 0.858. The molecule has 0 aliphatic carbocycles. The van der Waals surface area contributed by atoms with Crippen molar-refractivity contribution in [1.82, 2.24) is 0 Å². The van der Waals surface area contributed by atoms with Crippen molar-refractivity contribution in [2.75, 3.05) is 11.4 Å². The summed E-state index contributed by atoms with van der Waals surface area (Å²) in [6, 6.07) is 6.75. The van der Waals surface area contributed by atoms with Crippen molar-refractivity contribution in [3.8, 4) is 0 Å². The van der Waals surface area contributed by atoms with Crippen LogP contribution in [0.1, 0.15) is 25.8 Å². The summed E-state index contributed by atoms with van der Waals surface area (Å²) in [5.74, 6) is 0. The third kappa shape index (κ3) is 1.87. The van der Waals surface area contributed by atoms with Gasteiger partial charge in [0.1, 0.15) is 0 Å². The van der Waals surface area contributed by atoms with Crippen molar-refractivity contribution in [2.45, 2.75) is 38.8 Å². The van der Waals surface area contributed by atoms with E-state index in [1.165, 1.54) is 11.3 Å². The molecule has 1 aliphatic rings. The van der Waals surface area contributed by atoms with Crippen LogP contribution in [-0.2, 0) is 0 Å². The minimum atomic E-state index is 0.0395. The van der Waals surface area contributed by atoms with Gasteiger partial charge in [-0.25, -0.2) is 0 Å². The molecule has 0 radical (unpaired) electrons. The van der Waals surface area contributed by atoms with Crippen molar-refractivity contribution < 1.29 is 0 Å². The highest BCUT2D eigenvalue weighted by molar-refractivity contribution is 9.10. The summed E-state index contributed by atoms with van der Waals surface area (Å²) in [4.78, 5) is 2.40. The molecular weight excluding hydrogens is 264 g/mol. The molecule has 88 valence electrons. The molecule has 1 aromatic carbocycles. The highest BCUT2D eigenvalue weighted by atomic mass is 79.9. The van der Waals surface area contributed by atoms with Crippen LogP contribution in [0.3, 0.4) is 0 Å². The van der Waals surface area contributed by atoms with Crippen LogP contribution >= 0.6 is 15.9 Å². The fourth-order valence-corrected chi connectivity index (χ4v) is 3.08. The topological polar surface area (TPSA) is 29.3 Å². The lowest BCUT2D eigenvalue weighted by atomic mass is 9.96. The van der Waals surface area contributed by atoms with Gasteiger partial charge in [-0.1, -0.05) is 6.07 Å². The first-order valence-corrected chi connectivity index (χ1v) is 6.51. The van der Waals surface area contributed by atoms with Gasteiger partial charge in [-0.3, -0.25) is 0 Å². The van der Waals surface area contributed by atoms with Gasteiger partial charge in [0.2, 0.25) is 0 Å². The van der Waals surface area contributed by atoms with Crippen molar-refractivity contribution in [1.29, 1.82) is 0 Å². The number of aryl methyl sites for hydroxylation is 1. The van der Waals surface area contributed by atoms with Gasteiger partial charge < -0.3 is 10.6 Å². The third-order valence-electron chi connectivity index (χ3n) is 3.66. The van der Waals surface area contributed by atoms with Gasteiger partial charge >= 0.3 is 0 Å². The fraction of sp³-hybridized carbons (Fsp3) is 0.538. The first kappa shape index (κ1) is 11.9. The average molecular weight is 283 g/mol. The van der Waals surface area contributed by atoms with Gasteiger partial charge in [0, 0.05) is 22.6 Å². The number of halogens is 1. The molecule has 0 amide bonds. The Hall–Kier alpha value is -0.540. The maximum Gasteiger partial charge on any atom is 0.0515 e. The van der Waals surface area contributed by atoms with Crippen molar-refractivity contribution in [2.24, 2.45) is 5.73 Å². The lowest BCUT2D eigenvalue weighted by Gasteiger charge is -2.37. The predicted octanol–water partition coefficient (Wildman–Crippen LogP) is 3.07. The number of hydrogen-bond acceptors (Lipinski definition) is 2. The molecule has 0 saturated carbocycles. The minimum Gasteiger partial charge on any atom is -0.364 e. The fourth-order valence-electron chi connectivity index (χ4n) is 2.37. The standard InChI is InChI=1S/C13H19BrN2/c1-9-4-5-11(10(14)8-9)16-7-6-12(15)13(16,2)3/h4-5,8,12H,6-7,15H2,1-3H3. The Balaban J connectivity index is 2.38. The van der Waals surface area contributed by atoms with E-state index < -0.39 is 0 Å². The van der Waals surface area contributed by atoms with E-state index >= 15 is 0 Å². The lowest BCUT2D eigenvalue weighted by molar-refractivity contribution is 0.453. The average Bonchev–Trinajstić information content (AvgIpc) is 2.44. The number of hydrogen-bond donors (Lipinski definition) is 1. The molecule has 1 aliphatic heterocycles. The van der Waals surface area contributed by atoms with Crippen LogP contribution < -0.4 is 10.6 Å². The van der Waals surface area contributed by atoms with E-state index in [0.717, 1.165) is 17.4 Å². The summed E-state index contributed by atoms with van der Waals surface area (Å²) in [5, 5.41) is 0. The van der Waals surface area contributed by atoms with Crippen LogP contribution in [0.2, 0.25) is 0 Å². The Morgan fingerprint density at radius 2 is 2.12 bits per heavy atom. The number of anilines is 1. The summed E-state index contributed by atoms with van der Waals surface area (Å²) in [7, 11) is 0. The second-order valence-electron chi connectivity index (χ2n) is 5.16. The molecule has 2 rings (SSSR count). The maximum absolute atomic E-state index is 6.16. The van der Waals surface area contributed by atoms with Gasteiger partial charge in [-0.15, -0.1) is 0 Å². The smallest absolute Gasteiger partial charge is 0.0515 e. The summed E-state index contributed by atoms with van der Waals surface area (Å²) in [6.07, 6.45) is 1.06. The first-order valence-electron chi connectivity index (χ1n) is 5.72. The van der Waals surface area contributed by atoms with Crippen LogP contribution in [0.5, 0.6) is 0 Å². The third-order valence-corrected chi connectivity index (χ3v) is 4.30. The number of nitrogens with two attached hydrogens (primary N) is 1. The van der Waals surface area contributed by atoms with E-state index in [9.17, 15) is 0 Å². The zero-order valence-electron chi connectivity index (χ0n) is 10.1. The van der Waals surface area contributed by atoms with Crippen LogP contribution in [0.4, 0.5) is 5.69 Å². The van der Waals surface area contributed by atoms with E-state index in [2.05, 4.69) is 59.8 Å². The monoisotopic (exact) mass is 282 g/mol.